The molecule has 0 spiro atoms. The summed E-state index contributed by atoms with van der Waals surface area (Å²) in [7, 11) is 0. The minimum atomic E-state index is -0.836. The number of hydrogen-bond donors (Lipinski definition) is 1. The average Bonchev–Trinajstić information content (AvgIpc) is 3.03. The van der Waals surface area contributed by atoms with Crippen molar-refractivity contribution >= 4 is 22.8 Å². The lowest BCUT2D eigenvalue weighted by Crippen LogP contribution is -2.41. The van der Waals surface area contributed by atoms with E-state index < -0.39 is 5.97 Å². The summed E-state index contributed by atoms with van der Waals surface area (Å²) in [6, 6.07) is 5.75. The molecule has 0 radical (unpaired) electrons. The number of likely N-dealkylation sites (tertiary alicyclic amines) is 1. The number of amides is 1. The van der Waals surface area contributed by atoms with E-state index in [-0.39, 0.29) is 18.4 Å². The van der Waals surface area contributed by atoms with Gasteiger partial charge in [0.2, 0.25) is 5.91 Å². The third-order valence-corrected chi connectivity index (χ3v) is 4.71. The van der Waals surface area contributed by atoms with E-state index in [1.165, 1.54) is 0 Å². The molecule has 2 aromatic rings. The van der Waals surface area contributed by atoms with Crippen molar-refractivity contribution in [2.75, 3.05) is 13.1 Å². The normalized spacial score (nSPS) is 15.3. The summed E-state index contributed by atoms with van der Waals surface area (Å²) < 4.78 is 7.79. The molecule has 7 nitrogen and oxygen atoms in total. The molecule has 2 heterocycles. The number of carbonyl (C=O) groups is 2. The van der Waals surface area contributed by atoms with E-state index >= 15 is 0 Å². The number of aryl methyl sites for hydroxylation is 1. The smallest absolute Gasteiger partial charge is 0.305 e. The van der Waals surface area contributed by atoms with Crippen molar-refractivity contribution in [1.82, 2.24) is 14.7 Å². The molecule has 3 rings (SSSR count). The van der Waals surface area contributed by atoms with Crippen LogP contribution < -0.4 is 4.74 Å². The number of fused-ring (bicyclic) bond motifs is 1. The van der Waals surface area contributed by atoms with Crippen molar-refractivity contribution < 1.29 is 19.4 Å². The molecule has 1 N–H and O–H groups in total. The summed E-state index contributed by atoms with van der Waals surface area (Å²) in [4.78, 5) is 24.6. The number of piperidine rings is 1. The molecule has 0 aliphatic carbocycles. The number of aromatic nitrogens is 2. The molecule has 1 amide bonds. The van der Waals surface area contributed by atoms with Gasteiger partial charge in [-0.15, -0.1) is 0 Å². The largest absolute Gasteiger partial charge is 0.490 e. The lowest BCUT2D eigenvalue weighted by Gasteiger charge is -2.32. The summed E-state index contributed by atoms with van der Waals surface area (Å²) in [5.74, 6) is 0.187. The van der Waals surface area contributed by atoms with Gasteiger partial charge in [-0.1, -0.05) is 6.92 Å². The van der Waals surface area contributed by atoms with Gasteiger partial charge in [-0.3, -0.25) is 14.3 Å². The first-order valence-corrected chi connectivity index (χ1v) is 9.18. The molecule has 1 aromatic heterocycles. The second-order valence-corrected chi connectivity index (χ2v) is 6.68. The summed E-state index contributed by atoms with van der Waals surface area (Å²) in [6.45, 7) is 3.87. The fourth-order valence-electron chi connectivity index (χ4n) is 3.31. The van der Waals surface area contributed by atoms with Crippen LogP contribution >= 0.6 is 0 Å². The van der Waals surface area contributed by atoms with E-state index in [9.17, 15) is 9.59 Å². The maximum absolute atomic E-state index is 11.9. The van der Waals surface area contributed by atoms with Crippen LogP contribution in [0.15, 0.2) is 24.4 Å². The molecule has 1 saturated heterocycles. The van der Waals surface area contributed by atoms with Crippen molar-refractivity contribution in [1.29, 1.82) is 0 Å². The maximum atomic E-state index is 11.9. The highest BCUT2D eigenvalue weighted by molar-refractivity contribution is 5.80. The van der Waals surface area contributed by atoms with Crippen LogP contribution in [0.3, 0.4) is 0 Å². The first-order chi connectivity index (χ1) is 12.6. The van der Waals surface area contributed by atoms with Gasteiger partial charge in [0.15, 0.2) is 0 Å². The summed E-state index contributed by atoms with van der Waals surface area (Å²) >= 11 is 0. The Morgan fingerprint density at radius 2 is 2.04 bits per heavy atom. The fraction of sp³-hybridized carbons (Fsp3) is 0.526. The first-order valence-electron chi connectivity index (χ1n) is 9.18. The van der Waals surface area contributed by atoms with E-state index in [0.29, 0.717) is 13.0 Å². The van der Waals surface area contributed by atoms with Crippen molar-refractivity contribution in [3.8, 4) is 5.75 Å². The van der Waals surface area contributed by atoms with Crippen LogP contribution in [0.2, 0.25) is 0 Å². The second-order valence-electron chi connectivity index (χ2n) is 6.68. The van der Waals surface area contributed by atoms with Crippen molar-refractivity contribution in [3.05, 3.63) is 24.4 Å². The fourth-order valence-corrected chi connectivity index (χ4v) is 3.31. The molecule has 1 aromatic carbocycles. The SMILES string of the molecule is CCCC(=O)N1CCC(Oc2ccc3c(cnn3CCC(=O)O)c2)CC1. The highest BCUT2D eigenvalue weighted by atomic mass is 16.5. The van der Waals surface area contributed by atoms with Crippen molar-refractivity contribution in [2.24, 2.45) is 0 Å². The van der Waals surface area contributed by atoms with E-state index in [0.717, 1.165) is 49.0 Å². The standard InChI is InChI=1S/C19H25N3O4/c1-2-3-18(23)21-9-6-15(7-10-21)26-16-4-5-17-14(12-16)13-20-22(17)11-8-19(24)25/h4-5,12-13,15H,2-3,6-11H2,1H3,(H,24,25). The number of aliphatic carboxylic acids is 1. The monoisotopic (exact) mass is 359 g/mol. The molecular formula is C19H25N3O4. The van der Waals surface area contributed by atoms with Gasteiger partial charge in [-0.2, -0.15) is 5.10 Å². The Morgan fingerprint density at radius 1 is 1.27 bits per heavy atom. The predicted molar refractivity (Wildman–Crippen MR) is 97.1 cm³/mol. The van der Waals surface area contributed by atoms with Gasteiger partial charge in [0.05, 0.1) is 24.7 Å². The number of hydrogen-bond acceptors (Lipinski definition) is 4. The van der Waals surface area contributed by atoms with E-state index in [2.05, 4.69) is 5.10 Å². The van der Waals surface area contributed by atoms with Gasteiger partial charge < -0.3 is 14.7 Å². The van der Waals surface area contributed by atoms with Crippen molar-refractivity contribution in [2.45, 2.75) is 51.7 Å². The molecule has 1 fully saturated rings. The second kappa shape index (κ2) is 8.21. The van der Waals surface area contributed by atoms with Crippen LogP contribution in [-0.2, 0) is 16.1 Å². The molecule has 0 saturated carbocycles. The average molecular weight is 359 g/mol. The van der Waals surface area contributed by atoms with Crippen LogP contribution in [0.5, 0.6) is 5.75 Å². The zero-order valence-corrected chi connectivity index (χ0v) is 15.1. The Morgan fingerprint density at radius 3 is 2.73 bits per heavy atom. The molecular weight excluding hydrogens is 334 g/mol. The molecule has 7 heteroatoms. The first kappa shape index (κ1) is 18.2. The Hall–Kier alpha value is -2.57. The van der Waals surface area contributed by atoms with Gasteiger partial charge in [-0.05, 0) is 24.6 Å². The van der Waals surface area contributed by atoms with Crippen LogP contribution in [-0.4, -0.2) is 50.9 Å². The summed E-state index contributed by atoms with van der Waals surface area (Å²) in [5.41, 5.74) is 0.901. The minimum absolute atomic E-state index is 0.0460. The van der Waals surface area contributed by atoms with Crippen molar-refractivity contribution in [3.63, 3.8) is 0 Å². The number of carboxylic acids is 1. The molecule has 0 atom stereocenters. The van der Waals surface area contributed by atoms with Gasteiger partial charge in [0.25, 0.3) is 0 Å². The summed E-state index contributed by atoms with van der Waals surface area (Å²) in [6.07, 6.45) is 5.07. The Balaban J connectivity index is 1.58. The van der Waals surface area contributed by atoms with Gasteiger partial charge in [-0.25, -0.2) is 0 Å². The van der Waals surface area contributed by atoms with E-state index in [1.807, 2.05) is 30.0 Å². The number of carboxylic acid groups (broad SMARTS) is 1. The number of nitrogens with zero attached hydrogens (tertiary/aromatic N) is 3. The van der Waals surface area contributed by atoms with Crippen LogP contribution in [0.1, 0.15) is 39.0 Å². The van der Waals surface area contributed by atoms with Gasteiger partial charge >= 0.3 is 5.97 Å². The zero-order valence-electron chi connectivity index (χ0n) is 15.1. The van der Waals surface area contributed by atoms with Crippen LogP contribution in [0.4, 0.5) is 0 Å². The minimum Gasteiger partial charge on any atom is -0.490 e. The quantitative estimate of drug-likeness (QED) is 0.821. The number of rotatable bonds is 7. The highest BCUT2D eigenvalue weighted by Gasteiger charge is 2.23. The van der Waals surface area contributed by atoms with E-state index in [1.54, 1.807) is 10.9 Å². The van der Waals surface area contributed by atoms with Gasteiger partial charge in [0.1, 0.15) is 11.9 Å². The molecule has 26 heavy (non-hydrogen) atoms. The predicted octanol–water partition coefficient (Wildman–Crippen LogP) is 2.68. The molecule has 0 bridgehead atoms. The Kier molecular flexibility index (Phi) is 5.75. The highest BCUT2D eigenvalue weighted by Crippen LogP contribution is 2.24. The third kappa shape index (κ3) is 4.33. The number of ether oxygens (including phenoxy) is 1. The zero-order chi connectivity index (χ0) is 18.5. The molecule has 1 aliphatic heterocycles. The Labute approximate surface area is 152 Å². The number of benzene rings is 1. The molecule has 140 valence electrons. The topological polar surface area (TPSA) is 84.7 Å². The molecule has 1 aliphatic rings. The Bertz CT molecular complexity index is 778. The van der Waals surface area contributed by atoms with E-state index in [4.69, 9.17) is 9.84 Å². The molecule has 0 unspecified atom stereocenters. The van der Waals surface area contributed by atoms with Gasteiger partial charge in [0, 0.05) is 37.7 Å². The maximum Gasteiger partial charge on any atom is 0.305 e. The third-order valence-electron chi connectivity index (χ3n) is 4.71. The lowest BCUT2D eigenvalue weighted by atomic mass is 10.1. The number of carbonyl (C=O) groups excluding carboxylic acids is 1. The lowest BCUT2D eigenvalue weighted by molar-refractivity contribution is -0.137. The summed E-state index contributed by atoms with van der Waals surface area (Å²) in [5, 5.41) is 14.0. The van der Waals surface area contributed by atoms with Crippen LogP contribution in [0.25, 0.3) is 10.9 Å². The van der Waals surface area contributed by atoms with Crippen LogP contribution in [0, 0.1) is 0 Å².